The van der Waals surface area contributed by atoms with Crippen LogP contribution in [-0.2, 0) is 0 Å². The van der Waals surface area contributed by atoms with Gasteiger partial charge in [0.05, 0.1) is 5.71 Å². The van der Waals surface area contributed by atoms with Crippen LogP contribution < -0.4 is 11.5 Å². The minimum atomic E-state index is -0.0388. The minimum Gasteiger partial charge on any atom is -0.369 e. The number of rotatable bonds is 3. The van der Waals surface area contributed by atoms with Gasteiger partial charge in [-0.1, -0.05) is 35.9 Å². The topological polar surface area (TPSA) is 76.8 Å². The van der Waals surface area contributed by atoms with Crippen molar-refractivity contribution >= 4 is 17.7 Å². The zero-order valence-electron chi connectivity index (χ0n) is 9.51. The third kappa shape index (κ3) is 4.41. The van der Waals surface area contributed by atoms with E-state index in [4.69, 9.17) is 11.5 Å². The summed E-state index contributed by atoms with van der Waals surface area (Å²) in [5.74, 6) is -0.0388. The normalized spacial score (nSPS) is 11.8. The monoisotopic (exact) mass is 216 g/mol. The average molecular weight is 216 g/mol. The van der Waals surface area contributed by atoms with Crippen molar-refractivity contribution in [1.82, 2.24) is 0 Å². The molecular weight excluding hydrogens is 200 g/mol. The summed E-state index contributed by atoms with van der Waals surface area (Å²) in [4.78, 5) is 0. The van der Waals surface area contributed by atoms with Crippen LogP contribution in [0.25, 0.3) is 6.08 Å². The lowest BCUT2D eigenvalue weighted by Crippen LogP contribution is -2.21. The van der Waals surface area contributed by atoms with Crippen molar-refractivity contribution in [1.29, 1.82) is 0 Å². The lowest BCUT2D eigenvalue weighted by molar-refractivity contribution is 1.20. The van der Waals surface area contributed by atoms with Gasteiger partial charge in [0.1, 0.15) is 0 Å². The van der Waals surface area contributed by atoms with Gasteiger partial charge in [-0.25, -0.2) is 0 Å². The van der Waals surface area contributed by atoms with Crippen molar-refractivity contribution in [2.45, 2.75) is 13.8 Å². The van der Waals surface area contributed by atoms with Crippen LogP contribution in [0.5, 0.6) is 0 Å². The van der Waals surface area contributed by atoms with Gasteiger partial charge in [0.2, 0.25) is 5.96 Å². The van der Waals surface area contributed by atoms with Gasteiger partial charge in [-0.15, -0.1) is 5.10 Å². The average Bonchev–Trinajstić information content (AvgIpc) is 2.25. The van der Waals surface area contributed by atoms with Crippen molar-refractivity contribution in [2.24, 2.45) is 21.7 Å². The van der Waals surface area contributed by atoms with Crippen molar-refractivity contribution in [3.05, 3.63) is 41.5 Å². The van der Waals surface area contributed by atoms with E-state index in [1.165, 1.54) is 5.56 Å². The molecule has 16 heavy (non-hydrogen) atoms. The summed E-state index contributed by atoms with van der Waals surface area (Å²) in [6.45, 7) is 3.88. The molecule has 0 atom stereocenters. The zero-order valence-corrected chi connectivity index (χ0v) is 9.51. The Bertz CT molecular complexity index is 423. The number of benzene rings is 1. The molecule has 0 aliphatic carbocycles. The Hall–Kier alpha value is -2.10. The molecule has 0 bridgehead atoms. The highest BCUT2D eigenvalue weighted by molar-refractivity contribution is 5.96. The number of hydrogen-bond donors (Lipinski definition) is 2. The molecule has 0 aliphatic rings. The molecule has 4 nitrogen and oxygen atoms in total. The smallest absolute Gasteiger partial charge is 0.211 e. The third-order valence-electron chi connectivity index (χ3n) is 1.92. The van der Waals surface area contributed by atoms with Crippen LogP contribution in [0.4, 0.5) is 0 Å². The molecule has 0 saturated heterocycles. The lowest BCUT2D eigenvalue weighted by atomic mass is 10.1. The first-order valence-electron chi connectivity index (χ1n) is 4.96. The predicted molar refractivity (Wildman–Crippen MR) is 69.1 cm³/mol. The fraction of sp³-hybridized carbons (Fsp3) is 0.167. The molecule has 84 valence electrons. The number of allylic oxidation sites excluding steroid dienone is 1. The standard InChI is InChI=1S/C12H16N4/c1-9-3-6-11(7-4-9)8-5-10(2)15-16-12(13)14/h3-8H,1-2H3,(H4,13,14,16)/b8-5+,15-10-. The second-order valence-corrected chi connectivity index (χ2v) is 3.51. The first-order valence-corrected chi connectivity index (χ1v) is 4.96. The number of nitrogens with two attached hydrogens (primary N) is 2. The summed E-state index contributed by atoms with van der Waals surface area (Å²) < 4.78 is 0. The van der Waals surface area contributed by atoms with Gasteiger partial charge in [0, 0.05) is 0 Å². The molecule has 4 N–H and O–H groups in total. The van der Waals surface area contributed by atoms with E-state index in [2.05, 4.69) is 29.3 Å². The van der Waals surface area contributed by atoms with Gasteiger partial charge < -0.3 is 11.5 Å². The molecule has 0 unspecified atom stereocenters. The summed E-state index contributed by atoms with van der Waals surface area (Å²) in [6.07, 6.45) is 3.82. The number of aryl methyl sites for hydroxylation is 1. The van der Waals surface area contributed by atoms with Gasteiger partial charge >= 0.3 is 0 Å². The van der Waals surface area contributed by atoms with E-state index >= 15 is 0 Å². The molecule has 0 spiro atoms. The highest BCUT2D eigenvalue weighted by atomic mass is 15.3. The van der Waals surface area contributed by atoms with E-state index in [0.29, 0.717) is 0 Å². The maximum absolute atomic E-state index is 5.16. The number of guanidine groups is 1. The Morgan fingerprint density at radius 1 is 1.12 bits per heavy atom. The maximum atomic E-state index is 5.16. The van der Waals surface area contributed by atoms with Crippen LogP contribution in [-0.4, -0.2) is 11.7 Å². The molecule has 1 rings (SSSR count). The first-order chi connectivity index (χ1) is 7.58. The summed E-state index contributed by atoms with van der Waals surface area (Å²) >= 11 is 0. The third-order valence-corrected chi connectivity index (χ3v) is 1.92. The molecule has 0 heterocycles. The Morgan fingerprint density at radius 3 is 2.31 bits per heavy atom. The summed E-state index contributed by atoms with van der Waals surface area (Å²) in [6, 6.07) is 8.20. The van der Waals surface area contributed by atoms with Crippen LogP contribution >= 0.6 is 0 Å². The zero-order chi connectivity index (χ0) is 12.0. The maximum Gasteiger partial charge on any atom is 0.211 e. The van der Waals surface area contributed by atoms with E-state index in [-0.39, 0.29) is 5.96 Å². The van der Waals surface area contributed by atoms with E-state index in [1.807, 2.05) is 31.2 Å². The lowest BCUT2D eigenvalue weighted by Gasteiger charge is -1.94. The SMILES string of the molecule is CC(/C=C/c1ccc(C)cc1)=N/N=C(N)N. The predicted octanol–water partition coefficient (Wildman–Crippen LogP) is 1.66. The second-order valence-electron chi connectivity index (χ2n) is 3.51. The van der Waals surface area contributed by atoms with Crippen molar-refractivity contribution in [3.63, 3.8) is 0 Å². The van der Waals surface area contributed by atoms with Gasteiger partial charge in [0.25, 0.3) is 0 Å². The van der Waals surface area contributed by atoms with E-state index in [9.17, 15) is 0 Å². The molecule has 1 aromatic carbocycles. The van der Waals surface area contributed by atoms with E-state index in [1.54, 1.807) is 0 Å². The van der Waals surface area contributed by atoms with Crippen LogP contribution in [0, 0.1) is 6.92 Å². The molecule has 4 heteroatoms. The first kappa shape index (κ1) is 12.0. The molecule has 0 radical (unpaired) electrons. The Morgan fingerprint density at radius 2 is 1.75 bits per heavy atom. The Labute approximate surface area is 95.4 Å². The molecule has 0 fully saturated rings. The second kappa shape index (κ2) is 5.70. The summed E-state index contributed by atoms with van der Waals surface area (Å²) in [5.41, 5.74) is 13.4. The van der Waals surface area contributed by atoms with Gasteiger partial charge in [-0.2, -0.15) is 5.10 Å². The molecule has 0 aromatic heterocycles. The van der Waals surface area contributed by atoms with Crippen molar-refractivity contribution < 1.29 is 0 Å². The Kier molecular flexibility index (Phi) is 4.27. The number of nitrogens with zero attached hydrogens (tertiary/aromatic N) is 2. The highest BCUT2D eigenvalue weighted by Gasteiger charge is 1.87. The van der Waals surface area contributed by atoms with Gasteiger partial charge in [-0.05, 0) is 25.5 Å². The molecule has 0 amide bonds. The largest absolute Gasteiger partial charge is 0.369 e. The van der Waals surface area contributed by atoms with Gasteiger partial charge in [-0.3, -0.25) is 0 Å². The minimum absolute atomic E-state index is 0.0388. The summed E-state index contributed by atoms with van der Waals surface area (Å²) in [5, 5.41) is 7.38. The summed E-state index contributed by atoms with van der Waals surface area (Å²) in [7, 11) is 0. The van der Waals surface area contributed by atoms with E-state index < -0.39 is 0 Å². The van der Waals surface area contributed by atoms with Crippen LogP contribution in [0.1, 0.15) is 18.1 Å². The molecule has 0 aliphatic heterocycles. The van der Waals surface area contributed by atoms with Crippen molar-refractivity contribution in [3.8, 4) is 0 Å². The fourth-order valence-electron chi connectivity index (χ4n) is 1.06. The van der Waals surface area contributed by atoms with Crippen LogP contribution in [0.3, 0.4) is 0 Å². The molecular formula is C12H16N4. The van der Waals surface area contributed by atoms with E-state index in [0.717, 1.165) is 11.3 Å². The van der Waals surface area contributed by atoms with Crippen LogP contribution in [0.2, 0.25) is 0 Å². The highest BCUT2D eigenvalue weighted by Crippen LogP contribution is 2.04. The quantitative estimate of drug-likeness (QED) is 0.458. The molecule has 1 aromatic rings. The van der Waals surface area contributed by atoms with Crippen LogP contribution in [0.15, 0.2) is 40.5 Å². The van der Waals surface area contributed by atoms with Crippen molar-refractivity contribution in [2.75, 3.05) is 0 Å². The number of hydrogen-bond acceptors (Lipinski definition) is 2. The Balaban J connectivity index is 2.70. The van der Waals surface area contributed by atoms with Gasteiger partial charge in [0.15, 0.2) is 0 Å². The fourth-order valence-corrected chi connectivity index (χ4v) is 1.06. The molecule has 0 saturated carbocycles.